The van der Waals surface area contributed by atoms with Crippen LogP contribution in [0.3, 0.4) is 0 Å². The lowest BCUT2D eigenvalue weighted by Gasteiger charge is -2.15. The molecule has 1 unspecified atom stereocenters. The van der Waals surface area contributed by atoms with Gasteiger partial charge in [-0.25, -0.2) is 9.78 Å². The Hall–Kier alpha value is -2.71. The molecule has 29 heavy (non-hydrogen) atoms. The first-order chi connectivity index (χ1) is 13.7. The number of rotatable bonds is 5. The van der Waals surface area contributed by atoms with Crippen molar-refractivity contribution in [2.45, 2.75) is 39.8 Å². The lowest BCUT2D eigenvalue weighted by atomic mass is 10.2. The highest BCUT2D eigenvalue weighted by molar-refractivity contribution is 7.20. The van der Waals surface area contributed by atoms with Gasteiger partial charge in [0.25, 0.3) is 5.56 Å². The molecule has 0 saturated heterocycles. The summed E-state index contributed by atoms with van der Waals surface area (Å²) in [4.78, 5) is 43.0. The van der Waals surface area contributed by atoms with Crippen molar-refractivity contribution in [3.05, 3.63) is 56.4 Å². The fourth-order valence-electron chi connectivity index (χ4n) is 2.78. The van der Waals surface area contributed by atoms with Crippen LogP contribution in [0.4, 0.5) is 5.69 Å². The number of nitrogens with one attached hydrogen (secondary N) is 1. The van der Waals surface area contributed by atoms with Crippen LogP contribution >= 0.6 is 22.9 Å². The number of amides is 1. The maximum absolute atomic E-state index is 13.0. The van der Waals surface area contributed by atoms with Crippen LogP contribution in [0.15, 0.2) is 35.4 Å². The van der Waals surface area contributed by atoms with Crippen LogP contribution in [0.5, 0.6) is 0 Å². The minimum Gasteiger partial charge on any atom is -0.459 e. The van der Waals surface area contributed by atoms with Crippen molar-refractivity contribution < 1.29 is 14.3 Å². The molecule has 1 atom stereocenters. The van der Waals surface area contributed by atoms with E-state index < -0.39 is 12.0 Å². The molecule has 0 fully saturated rings. The predicted molar refractivity (Wildman–Crippen MR) is 114 cm³/mol. The maximum atomic E-state index is 13.0. The summed E-state index contributed by atoms with van der Waals surface area (Å²) in [6, 6.07) is 5.86. The van der Waals surface area contributed by atoms with Crippen LogP contribution < -0.4 is 10.9 Å². The molecule has 0 saturated carbocycles. The number of aryl methyl sites for hydroxylation is 1. The van der Waals surface area contributed by atoms with Gasteiger partial charge in [0.05, 0.1) is 17.8 Å². The molecular formula is C20H20ClN3O4S. The summed E-state index contributed by atoms with van der Waals surface area (Å²) in [6.45, 7) is 6.80. The summed E-state index contributed by atoms with van der Waals surface area (Å²) in [5.41, 5.74) is 0.692. The number of ether oxygens (including phenoxy) is 1. The van der Waals surface area contributed by atoms with E-state index in [2.05, 4.69) is 10.3 Å². The van der Waals surface area contributed by atoms with E-state index >= 15 is 0 Å². The molecule has 152 valence electrons. The zero-order valence-electron chi connectivity index (χ0n) is 16.4. The molecule has 2 aromatic heterocycles. The van der Waals surface area contributed by atoms with Crippen molar-refractivity contribution in [2.24, 2.45) is 0 Å². The van der Waals surface area contributed by atoms with E-state index in [0.717, 1.165) is 11.3 Å². The third-order valence-corrected chi connectivity index (χ3v) is 5.74. The average molecular weight is 434 g/mol. The average Bonchev–Trinajstić information content (AvgIpc) is 3.00. The van der Waals surface area contributed by atoms with E-state index in [4.69, 9.17) is 16.3 Å². The molecule has 3 rings (SSSR count). The molecular weight excluding hydrogens is 414 g/mol. The summed E-state index contributed by atoms with van der Waals surface area (Å²) in [5.74, 6) is -0.858. The van der Waals surface area contributed by atoms with E-state index in [0.29, 0.717) is 31.4 Å². The second-order valence-corrected chi connectivity index (χ2v) is 8.26. The van der Waals surface area contributed by atoms with Gasteiger partial charge < -0.3 is 10.1 Å². The summed E-state index contributed by atoms with van der Waals surface area (Å²) in [7, 11) is 0. The summed E-state index contributed by atoms with van der Waals surface area (Å²) in [5, 5.41) is 3.62. The molecule has 3 aromatic rings. The molecule has 0 radical (unpaired) electrons. The van der Waals surface area contributed by atoms with Gasteiger partial charge in [-0.2, -0.15) is 0 Å². The Morgan fingerprint density at radius 2 is 1.86 bits per heavy atom. The van der Waals surface area contributed by atoms with Gasteiger partial charge in [-0.05, 0) is 57.5 Å². The third-order valence-electron chi connectivity index (χ3n) is 4.31. The Kier molecular flexibility index (Phi) is 6.04. The van der Waals surface area contributed by atoms with Gasteiger partial charge in [-0.15, -0.1) is 11.3 Å². The van der Waals surface area contributed by atoms with Gasteiger partial charge in [0.2, 0.25) is 5.91 Å². The number of aromatic nitrogens is 2. The first-order valence-corrected chi connectivity index (χ1v) is 10.2. The topological polar surface area (TPSA) is 90.3 Å². The molecule has 0 aliphatic rings. The molecule has 0 spiro atoms. The molecule has 9 heteroatoms. The van der Waals surface area contributed by atoms with E-state index in [9.17, 15) is 14.4 Å². The van der Waals surface area contributed by atoms with Gasteiger partial charge in [0, 0.05) is 10.7 Å². The second-order valence-electron chi connectivity index (χ2n) is 6.82. The number of esters is 1. The number of hydrogen-bond acceptors (Lipinski definition) is 6. The van der Waals surface area contributed by atoms with Crippen molar-refractivity contribution in [1.29, 1.82) is 0 Å². The van der Waals surface area contributed by atoms with E-state index in [-0.39, 0.29) is 17.6 Å². The Bertz CT molecular complexity index is 1140. The van der Waals surface area contributed by atoms with Crippen molar-refractivity contribution in [1.82, 2.24) is 9.55 Å². The fourth-order valence-corrected chi connectivity index (χ4v) is 3.93. The third kappa shape index (κ3) is 4.33. The molecule has 0 bridgehead atoms. The van der Waals surface area contributed by atoms with E-state index in [1.165, 1.54) is 10.9 Å². The predicted octanol–water partition coefficient (Wildman–Crippen LogP) is 4.18. The summed E-state index contributed by atoms with van der Waals surface area (Å²) >= 11 is 6.96. The number of carbonyl (C=O) groups excluding carboxylic acids is 2. The van der Waals surface area contributed by atoms with Crippen LogP contribution in [0, 0.1) is 6.92 Å². The van der Waals surface area contributed by atoms with Crippen molar-refractivity contribution in [2.75, 3.05) is 5.32 Å². The Balaban J connectivity index is 1.93. The summed E-state index contributed by atoms with van der Waals surface area (Å²) < 4.78 is 6.49. The van der Waals surface area contributed by atoms with Gasteiger partial charge in [-0.1, -0.05) is 11.6 Å². The smallest absolute Gasteiger partial charge is 0.348 e. The van der Waals surface area contributed by atoms with Crippen LogP contribution in [0.25, 0.3) is 10.2 Å². The molecule has 7 nitrogen and oxygen atoms in total. The zero-order chi connectivity index (χ0) is 21.3. The molecule has 0 aliphatic heterocycles. The number of benzene rings is 1. The number of halogens is 1. The quantitative estimate of drug-likeness (QED) is 0.609. The van der Waals surface area contributed by atoms with Crippen molar-refractivity contribution in [3.63, 3.8) is 0 Å². The number of carbonyl (C=O) groups is 2. The zero-order valence-corrected chi connectivity index (χ0v) is 17.9. The Morgan fingerprint density at radius 1 is 1.21 bits per heavy atom. The number of nitrogens with zero attached hydrogens (tertiary/aromatic N) is 2. The number of hydrogen-bond donors (Lipinski definition) is 1. The lowest BCUT2D eigenvalue weighted by molar-refractivity contribution is -0.118. The lowest BCUT2D eigenvalue weighted by Crippen LogP contribution is -2.31. The first-order valence-electron chi connectivity index (χ1n) is 8.96. The second kappa shape index (κ2) is 8.34. The van der Waals surface area contributed by atoms with E-state index in [1.54, 1.807) is 52.0 Å². The summed E-state index contributed by atoms with van der Waals surface area (Å²) in [6.07, 6.45) is 1.05. The molecule has 1 amide bonds. The molecule has 2 heterocycles. The fraction of sp³-hybridized carbons (Fsp3) is 0.300. The maximum Gasteiger partial charge on any atom is 0.348 e. The van der Waals surface area contributed by atoms with Crippen molar-refractivity contribution >= 4 is 50.7 Å². The SMILES string of the molecule is Cc1c(C(=O)OC(C)C)sc2ncn(C(C)C(=O)Nc3ccc(Cl)cc3)c(=O)c12. The Labute approximate surface area is 176 Å². The number of thiophene rings is 1. The first kappa shape index (κ1) is 21.0. The number of fused-ring (bicyclic) bond motifs is 1. The van der Waals surface area contributed by atoms with Gasteiger partial charge >= 0.3 is 5.97 Å². The minimum absolute atomic E-state index is 0.270. The molecule has 1 N–H and O–H groups in total. The van der Waals surface area contributed by atoms with Crippen molar-refractivity contribution in [3.8, 4) is 0 Å². The highest BCUT2D eigenvalue weighted by Crippen LogP contribution is 2.28. The van der Waals surface area contributed by atoms with Gasteiger partial charge in [0.1, 0.15) is 15.7 Å². The van der Waals surface area contributed by atoms with Crippen LogP contribution in [0.2, 0.25) is 5.02 Å². The van der Waals surface area contributed by atoms with Gasteiger partial charge in [-0.3, -0.25) is 14.2 Å². The molecule has 0 aliphatic carbocycles. The van der Waals surface area contributed by atoms with Crippen LogP contribution in [-0.2, 0) is 9.53 Å². The van der Waals surface area contributed by atoms with E-state index in [1.807, 2.05) is 0 Å². The standard InChI is InChI=1S/C20H20ClN3O4S/c1-10(2)28-20(27)16-11(3)15-18(29-16)22-9-24(19(15)26)12(4)17(25)23-14-7-5-13(21)6-8-14/h5-10,12H,1-4H3,(H,23,25). The number of anilines is 1. The highest BCUT2D eigenvalue weighted by Gasteiger charge is 2.24. The van der Waals surface area contributed by atoms with Crippen LogP contribution in [-0.4, -0.2) is 27.5 Å². The largest absolute Gasteiger partial charge is 0.459 e. The minimum atomic E-state index is -0.805. The normalized spacial score (nSPS) is 12.2. The van der Waals surface area contributed by atoms with Crippen LogP contribution in [0.1, 0.15) is 42.0 Å². The van der Waals surface area contributed by atoms with Gasteiger partial charge in [0.15, 0.2) is 0 Å². The Morgan fingerprint density at radius 3 is 2.48 bits per heavy atom. The molecule has 1 aromatic carbocycles. The monoisotopic (exact) mass is 433 g/mol. The highest BCUT2D eigenvalue weighted by atomic mass is 35.5.